The van der Waals surface area contributed by atoms with Crippen LogP contribution in [0.4, 0.5) is 10.1 Å². The fourth-order valence-corrected chi connectivity index (χ4v) is 1.66. The van der Waals surface area contributed by atoms with Crippen molar-refractivity contribution >= 4 is 5.69 Å². The Hall–Kier alpha value is -1.05. The lowest BCUT2D eigenvalue weighted by molar-refractivity contribution is 0.618. The molecule has 0 aliphatic heterocycles. The zero-order valence-corrected chi connectivity index (χ0v) is 10.4. The van der Waals surface area contributed by atoms with E-state index in [1.807, 2.05) is 12.1 Å². The van der Waals surface area contributed by atoms with Gasteiger partial charge in [0.1, 0.15) is 5.82 Å². The number of nitrogens with one attached hydrogen (secondary N) is 1. The molecular weight excluding hydrogens is 201 g/mol. The summed E-state index contributed by atoms with van der Waals surface area (Å²) in [5.41, 5.74) is 1.59. The van der Waals surface area contributed by atoms with Crippen LogP contribution in [0.5, 0.6) is 0 Å². The summed E-state index contributed by atoms with van der Waals surface area (Å²) in [7, 11) is 0. The molecule has 0 saturated heterocycles. The van der Waals surface area contributed by atoms with E-state index in [1.54, 1.807) is 13.0 Å². The van der Waals surface area contributed by atoms with E-state index in [-0.39, 0.29) is 5.82 Å². The number of unbranched alkanes of at least 4 members (excludes halogenated alkanes) is 4. The molecule has 1 nitrogen and oxygen atoms in total. The summed E-state index contributed by atoms with van der Waals surface area (Å²) < 4.78 is 13.2. The van der Waals surface area contributed by atoms with E-state index in [2.05, 4.69) is 12.2 Å². The third-order valence-electron chi connectivity index (χ3n) is 2.78. The monoisotopic (exact) mass is 223 g/mol. The van der Waals surface area contributed by atoms with E-state index in [0.717, 1.165) is 18.7 Å². The molecule has 0 saturated carbocycles. The highest BCUT2D eigenvalue weighted by molar-refractivity contribution is 5.44. The maximum absolute atomic E-state index is 13.2. The third-order valence-corrected chi connectivity index (χ3v) is 2.78. The zero-order valence-electron chi connectivity index (χ0n) is 10.4. The average molecular weight is 223 g/mol. The molecule has 0 atom stereocenters. The molecule has 0 spiro atoms. The fourth-order valence-electron chi connectivity index (χ4n) is 1.66. The zero-order chi connectivity index (χ0) is 11.8. The van der Waals surface area contributed by atoms with Crippen LogP contribution in [0.2, 0.25) is 0 Å². The highest BCUT2D eigenvalue weighted by Gasteiger charge is 1.98. The highest BCUT2D eigenvalue weighted by atomic mass is 19.1. The Morgan fingerprint density at radius 3 is 2.56 bits per heavy atom. The number of halogens is 1. The van der Waals surface area contributed by atoms with Gasteiger partial charge in [-0.25, -0.2) is 4.39 Å². The van der Waals surface area contributed by atoms with E-state index in [9.17, 15) is 4.39 Å². The van der Waals surface area contributed by atoms with Gasteiger partial charge in [-0.15, -0.1) is 0 Å². The van der Waals surface area contributed by atoms with Crippen LogP contribution in [0.15, 0.2) is 18.2 Å². The van der Waals surface area contributed by atoms with Crippen molar-refractivity contribution in [3.05, 3.63) is 29.6 Å². The minimum Gasteiger partial charge on any atom is -0.385 e. The molecule has 0 heterocycles. The summed E-state index contributed by atoms with van der Waals surface area (Å²) in [5.74, 6) is -0.129. The Balaban J connectivity index is 2.19. The van der Waals surface area contributed by atoms with Crippen molar-refractivity contribution in [3.8, 4) is 0 Å². The molecule has 0 fully saturated rings. The van der Waals surface area contributed by atoms with E-state index in [1.165, 1.54) is 25.7 Å². The van der Waals surface area contributed by atoms with Crippen LogP contribution in [-0.4, -0.2) is 6.54 Å². The maximum Gasteiger partial charge on any atom is 0.128 e. The first-order valence-electron chi connectivity index (χ1n) is 6.24. The average Bonchev–Trinajstić information content (AvgIpc) is 2.28. The molecule has 90 valence electrons. The normalized spacial score (nSPS) is 10.4. The molecule has 1 aromatic rings. The van der Waals surface area contributed by atoms with Gasteiger partial charge in [0, 0.05) is 12.2 Å². The third kappa shape index (κ3) is 4.65. The Labute approximate surface area is 98.1 Å². The first-order chi connectivity index (χ1) is 7.74. The number of hydrogen-bond donors (Lipinski definition) is 1. The molecule has 1 aromatic carbocycles. The summed E-state index contributed by atoms with van der Waals surface area (Å²) in [4.78, 5) is 0. The van der Waals surface area contributed by atoms with Gasteiger partial charge in [-0.3, -0.25) is 0 Å². The van der Waals surface area contributed by atoms with Crippen molar-refractivity contribution in [3.63, 3.8) is 0 Å². The lowest BCUT2D eigenvalue weighted by atomic mass is 10.1. The first-order valence-corrected chi connectivity index (χ1v) is 6.24. The van der Waals surface area contributed by atoms with Gasteiger partial charge < -0.3 is 5.32 Å². The second kappa shape index (κ2) is 7.26. The van der Waals surface area contributed by atoms with Crippen LogP contribution in [0.1, 0.15) is 44.6 Å². The van der Waals surface area contributed by atoms with E-state index in [4.69, 9.17) is 0 Å². The molecule has 0 aliphatic rings. The molecule has 0 amide bonds. The SMILES string of the molecule is CCCCCCCNc1ccc(C)c(F)c1. The van der Waals surface area contributed by atoms with Gasteiger partial charge in [-0.1, -0.05) is 38.7 Å². The molecule has 0 bridgehead atoms. The molecule has 2 heteroatoms. The number of rotatable bonds is 7. The van der Waals surface area contributed by atoms with Crippen LogP contribution >= 0.6 is 0 Å². The molecule has 0 unspecified atom stereocenters. The number of anilines is 1. The molecule has 16 heavy (non-hydrogen) atoms. The standard InChI is InChI=1S/C14H22FN/c1-3-4-5-6-7-10-16-13-9-8-12(2)14(15)11-13/h8-9,11,16H,3-7,10H2,1-2H3. The number of benzene rings is 1. The van der Waals surface area contributed by atoms with Crippen LogP contribution in [0.3, 0.4) is 0 Å². The molecular formula is C14H22FN. The van der Waals surface area contributed by atoms with Crippen LogP contribution in [-0.2, 0) is 0 Å². The van der Waals surface area contributed by atoms with Gasteiger partial charge in [-0.05, 0) is 31.0 Å². The second-order valence-electron chi connectivity index (χ2n) is 4.30. The molecule has 1 rings (SSSR count). The van der Waals surface area contributed by atoms with Crippen molar-refractivity contribution < 1.29 is 4.39 Å². The summed E-state index contributed by atoms with van der Waals surface area (Å²) in [6.45, 7) is 4.93. The van der Waals surface area contributed by atoms with Gasteiger partial charge in [-0.2, -0.15) is 0 Å². The summed E-state index contributed by atoms with van der Waals surface area (Å²) >= 11 is 0. The predicted octanol–water partition coefficient (Wildman–Crippen LogP) is 4.52. The lowest BCUT2D eigenvalue weighted by Gasteiger charge is -2.07. The Morgan fingerprint density at radius 1 is 1.12 bits per heavy atom. The molecule has 0 aliphatic carbocycles. The Bertz CT molecular complexity index is 310. The minimum atomic E-state index is -0.129. The largest absolute Gasteiger partial charge is 0.385 e. The quantitative estimate of drug-likeness (QED) is 0.670. The number of hydrogen-bond acceptors (Lipinski definition) is 1. The molecule has 0 aromatic heterocycles. The van der Waals surface area contributed by atoms with Gasteiger partial charge in [0.2, 0.25) is 0 Å². The topological polar surface area (TPSA) is 12.0 Å². The Morgan fingerprint density at radius 2 is 1.88 bits per heavy atom. The van der Waals surface area contributed by atoms with Crippen molar-refractivity contribution in [1.29, 1.82) is 0 Å². The van der Waals surface area contributed by atoms with Crippen molar-refractivity contribution in [2.45, 2.75) is 46.0 Å². The van der Waals surface area contributed by atoms with E-state index >= 15 is 0 Å². The summed E-state index contributed by atoms with van der Waals surface area (Å²) in [6, 6.07) is 5.32. The van der Waals surface area contributed by atoms with Crippen LogP contribution in [0.25, 0.3) is 0 Å². The van der Waals surface area contributed by atoms with Crippen molar-refractivity contribution in [2.24, 2.45) is 0 Å². The highest BCUT2D eigenvalue weighted by Crippen LogP contribution is 2.13. The van der Waals surface area contributed by atoms with Crippen molar-refractivity contribution in [2.75, 3.05) is 11.9 Å². The van der Waals surface area contributed by atoms with Gasteiger partial charge >= 0.3 is 0 Å². The minimum absolute atomic E-state index is 0.129. The van der Waals surface area contributed by atoms with Crippen LogP contribution < -0.4 is 5.32 Å². The summed E-state index contributed by atoms with van der Waals surface area (Å²) in [5, 5.41) is 3.25. The number of aryl methyl sites for hydroxylation is 1. The predicted molar refractivity (Wildman–Crippen MR) is 68.4 cm³/mol. The van der Waals surface area contributed by atoms with Crippen LogP contribution in [0, 0.1) is 12.7 Å². The molecule has 0 radical (unpaired) electrons. The second-order valence-corrected chi connectivity index (χ2v) is 4.30. The van der Waals surface area contributed by atoms with E-state index < -0.39 is 0 Å². The lowest BCUT2D eigenvalue weighted by Crippen LogP contribution is -2.01. The van der Waals surface area contributed by atoms with Crippen molar-refractivity contribution in [1.82, 2.24) is 0 Å². The smallest absolute Gasteiger partial charge is 0.128 e. The maximum atomic E-state index is 13.2. The van der Waals surface area contributed by atoms with E-state index in [0.29, 0.717) is 5.56 Å². The fraction of sp³-hybridized carbons (Fsp3) is 0.571. The molecule has 1 N–H and O–H groups in total. The summed E-state index contributed by atoms with van der Waals surface area (Å²) in [6.07, 6.45) is 6.32. The first kappa shape index (κ1) is 13.0. The van der Waals surface area contributed by atoms with Gasteiger partial charge in [0.05, 0.1) is 0 Å². The van der Waals surface area contributed by atoms with Gasteiger partial charge in [0.25, 0.3) is 0 Å². The Kier molecular flexibility index (Phi) is 5.91. The van der Waals surface area contributed by atoms with Gasteiger partial charge in [0.15, 0.2) is 0 Å².